The van der Waals surface area contributed by atoms with Gasteiger partial charge in [-0.2, -0.15) is 0 Å². The molecule has 0 radical (unpaired) electrons. The zero-order chi connectivity index (χ0) is 17.7. The van der Waals surface area contributed by atoms with Crippen LogP contribution in [0.4, 0.5) is 0 Å². The van der Waals surface area contributed by atoms with Gasteiger partial charge in [-0.15, -0.1) is 0 Å². The van der Waals surface area contributed by atoms with Gasteiger partial charge < -0.3 is 4.74 Å². The first-order valence-corrected chi connectivity index (χ1v) is 7.98. The molecule has 1 saturated heterocycles. The third-order valence-corrected chi connectivity index (χ3v) is 4.62. The van der Waals surface area contributed by atoms with Crippen molar-refractivity contribution in [1.82, 2.24) is 10.2 Å². The number of piperidine rings is 1. The lowest BCUT2D eigenvalue weighted by Gasteiger charge is -2.27. The van der Waals surface area contributed by atoms with Crippen LogP contribution in [0.15, 0.2) is 18.2 Å². The van der Waals surface area contributed by atoms with Crippen molar-refractivity contribution in [2.24, 2.45) is 0 Å². The van der Waals surface area contributed by atoms with Gasteiger partial charge in [0.05, 0.1) is 11.1 Å². The van der Waals surface area contributed by atoms with Gasteiger partial charge in [-0.3, -0.25) is 34.2 Å². The van der Waals surface area contributed by atoms with Crippen LogP contribution in [0.5, 0.6) is 5.75 Å². The van der Waals surface area contributed by atoms with Gasteiger partial charge in [0.2, 0.25) is 11.8 Å². The van der Waals surface area contributed by atoms with E-state index in [4.69, 9.17) is 4.74 Å². The molecule has 2 aliphatic heterocycles. The Hall–Kier alpha value is -3.03. The molecule has 1 N–H and O–H groups in total. The van der Waals surface area contributed by atoms with Gasteiger partial charge in [-0.05, 0) is 24.6 Å². The number of ether oxygens (including phenoxy) is 1. The molecule has 1 aromatic rings. The number of fused-ring (bicyclic) bond motifs is 1. The van der Waals surface area contributed by atoms with E-state index in [2.05, 4.69) is 5.32 Å². The van der Waals surface area contributed by atoms with E-state index in [1.54, 1.807) is 6.07 Å². The lowest BCUT2D eigenvalue weighted by molar-refractivity contribution is -0.136. The first kappa shape index (κ1) is 15.5. The molecule has 1 aromatic carbocycles. The van der Waals surface area contributed by atoms with Crippen LogP contribution in [-0.2, 0) is 14.4 Å². The molecule has 8 nitrogen and oxygen atoms in total. The monoisotopic (exact) mass is 342 g/mol. The maximum atomic E-state index is 12.6. The van der Waals surface area contributed by atoms with Gasteiger partial charge in [0.25, 0.3) is 11.8 Å². The summed E-state index contributed by atoms with van der Waals surface area (Å²) >= 11 is 0. The van der Waals surface area contributed by atoms with Gasteiger partial charge in [0, 0.05) is 19.3 Å². The predicted molar refractivity (Wildman–Crippen MR) is 81.8 cm³/mol. The lowest BCUT2D eigenvalue weighted by Crippen LogP contribution is -2.54. The SMILES string of the molecule is O=C1CC(Oc2ccc3c(c2)C(=O)N(C2CCC(=O)NC2=O)C3=O)C1. The van der Waals surface area contributed by atoms with Crippen molar-refractivity contribution in [2.45, 2.75) is 37.8 Å². The number of carbonyl (C=O) groups is 5. The van der Waals surface area contributed by atoms with Crippen LogP contribution in [-0.4, -0.2) is 46.5 Å². The van der Waals surface area contributed by atoms with E-state index >= 15 is 0 Å². The molecule has 0 spiro atoms. The number of carbonyl (C=O) groups excluding carboxylic acids is 5. The first-order valence-electron chi connectivity index (χ1n) is 7.98. The van der Waals surface area contributed by atoms with Crippen molar-refractivity contribution < 1.29 is 28.7 Å². The van der Waals surface area contributed by atoms with Crippen LogP contribution in [0.1, 0.15) is 46.4 Å². The van der Waals surface area contributed by atoms with E-state index in [1.165, 1.54) is 12.1 Å². The standard InChI is InChI=1S/C17H14N2O6/c20-8-5-10(6-8)25-9-1-2-11-12(7-9)17(24)19(16(11)23)13-3-4-14(21)18-15(13)22/h1-2,7,10,13H,3-6H2,(H,18,21,22). The molecule has 0 aromatic heterocycles. The lowest BCUT2D eigenvalue weighted by atomic mass is 9.94. The molecule has 1 atom stereocenters. The van der Waals surface area contributed by atoms with Gasteiger partial charge in [0.1, 0.15) is 23.7 Å². The number of hydrogen-bond acceptors (Lipinski definition) is 6. The summed E-state index contributed by atoms with van der Waals surface area (Å²) in [5, 5.41) is 2.15. The van der Waals surface area contributed by atoms with Crippen LogP contribution in [0, 0.1) is 0 Å². The molecule has 1 saturated carbocycles. The summed E-state index contributed by atoms with van der Waals surface area (Å²) in [5.74, 6) is -1.66. The topological polar surface area (TPSA) is 110 Å². The summed E-state index contributed by atoms with van der Waals surface area (Å²) in [7, 11) is 0. The summed E-state index contributed by atoms with van der Waals surface area (Å²) in [5.41, 5.74) is 0.365. The zero-order valence-corrected chi connectivity index (χ0v) is 13.1. The largest absolute Gasteiger partial charge is 0.489 e. The van der Waals surface area contributed by atoms with Crippen LogP contribution in [0.25, 0.3) is 0 Å². The van der Waals surface area contributed by atoms with Crippen molar-refractivity contribution >= 4 is 29.4 Å². The number of Topliss-reactive ketones (excluding diaryl/α,β-unsaturated/α-hetero) is 1. The Labute approximate surface area is 142 Å². The van der Waals surface area contributed by atoms with E-state index in [0.29, 0.717) is 18.6 Å². The fourth-order valence-corrected chi connectivity index (χ4v) is 3.25. The molecular formula is C17H14N2O6. The Kier molecular flexibility index (Phi) is 3.41. The van der Waals surface area contributed by atoms with Crippen LogP contribution >= 0.6 is 0 Å². The Morgan fingerprint density at radius 3 is 2.40 bits per heavy atom. The van der Waals surface area contributed by atoms with E-state index < -0.39 is 29.7 Å². The molecule has 2 heterocycles. The smallest absolute Gasteiger partial charge is 0.262 e. The molecule has 25 heavy (non-hydrogen) atoms. The quantitative estimate of drug-likeness (QED) is 0.786. The average Bonchev–Trinajstić information content (AvgIpc) is 2.78. The number of nitrogens with zero attached hydrogens (tertiary/aromatic N) is 1. The maximum absolute atomic E-state index is 12.6. The Morgan fingerprint density at radius 2 is 1.72 bits per heavy atom. The van der Waals surface area contributed by atoms with Crippen LogP contribution < -0.4 is 10.1 Å². The fourth-order valence-electron chi connectivity index (χ4n) is 3.25. The third kappa shape index (κ3) is 2.50. The van der Waals surface area contributed by atoms with Crippen molar-refractivity contribution in [3.63, 3.8) is 0 Å². The molecular weight excluding hydrogens is 328 g/mol. The number of amides is 4. The molecule has 1 unspecified atom stereocenters. The predicted octanol–water partition coefficient (Wildman–Crippen LogP) is 0.198. The fraction of sp³-hybridized carbons (Fsp3) is 0.353. The maximum Gasteiger partial charge on any atom is 0.262 e. The summed E-state index contributed by atoms with van der Waals surface area (Å²) in [4.78, 5) is 60.3. The zero-order valence-electron chi connectivity index (χ0n) is 13.1. The van der Waals surface area contributed by atoms with E-state index in [1.807, 2.05) is 0 Å². The molecule has 1 aliphatic carbocycles. The summed E-state index contributed by atoms with van der Waals surface area (Å²) in [6.07, 6.45) is 0.667. The third-order valence-electron chi connectivity index (χ3n) is 4.62. The number of hydrogen-bond donors (Lipinski definition) is 1. The van der Waals surface area contributed by atoms with E-state index in [9.17, 15) is 24.0 Å². The Morgan fingerprint density at radius 1 is 1.00 bits per heavy atom. The highest BCUT2D eigenvalue weighted by Crippen LogP contribution is 2.31. The Balaban J connectivity index is 1.58. The molecule has 4 amide bonds. The van der Waals surface area contributed by atoms with Gasteiger partial charge >= 0.3 is 0 Å². The number of ketones is 1. The number of imide groups is 2. The van der Waals surface area contributed by atoms with Gasteiger partial charge in [0.15, 0.2) is 0 Å². The first-order chi connectivity index (χ1) is 11.9. The molecule has 8 heteroatoms. The minimum atomic E-state index is -0.987. The van der Waals surface area contributed by atoms with Gasteiger partial charge in [-0.25, -0.2) is 0 Å². The highest BCUT2D eigenvalue weighted by Gasteiger charge is 2.44. The van der Waals surface area contributed by atoms with Crippen LogP contribution in [0.2, 0.25) is 0 Å². The highest BCUT2D eigenvalue weighted by molar-refractivity contribution is 6.23. The normalized spacial score (nSPS) is 23.4. The second-order valence-corrected chi connectivity index (χ2v) is 6.34. The van der Waals surface area contributed by atoms with E-state index in [0.717, 1.165) is 4.90 Å². The second kappa shape index (κ2) is 5.51. The summed E-state index contributed by atoms with van der Waals surface area (Å²) in [6, 6.07) is 3.53. The average molecular weight is 342 g/mol. The van der Waals surface area contributed by atoms with Crippen molar-refractivity contribution in [3.8, 4) is 5.75 Å². The van der Waals surface area contributed by atoms with Gasteiger partial charge in [-0.1, -0.05) is 0 Å². The van der Waals surface area contributed by atoms with Crippen molar-refractivity contribution in [3.05, 3.63) is 29.3 Å². The number of nitrogens with one attached hydrogen (secondary N) is 1. The molecule has 128 valence electrons. The van der Waals surface area contributed by atoms with Crippen LogP contribution in [0.3, 0.4) is 0 Å². The molecule has 4 rings (SSSR count). The molecule has 2 fully saturated rings. The Bertz CT molecular complexity index is 838. The summed E-state index contributed by atoms with van der Waals surface area (Å²) < 4.78 is 5.62. The molecule has 3 aliphatic rings. The molecule has 0 bridgehead atoms. The minimum absolute atomic E-state index is 0.0773. The number of benzene rings is 1. The van der Waals surface area contributed by atoms with E-state index in [-0.39, 0.29) is 35.9 Å². The highest BCUT2D eigenvalue weighted by atomic mass is 16.5. The van der Waals surface area contributed by atoms with Crippen molar-refractivity contribution in [2.75, 3.05) is 0 Å². The second-order valence-electron chi connectivity index (χ2n) is 6.34. The minimum Gasteiger partial charge on any atom is -0.489 e. The number of rotatable bonds is 3. The van der Waals surface area contributed by atoms with Crippen molar-refractivity contribution in [1.29, 1.82) is 0 Å². The summed E-state index contributed by atoms with van der Waals surface area (Å²) in [6.45, 7) is 0.